The van der Waals surface area contributed by atoms with Gasteiger partial charge in [0.25, 0.3) is 0 Å². The summed E-state index contributed by atoms with van der Waals surface area (Å²) in [6.45, 7) is 5.26. The summed E-state index contributed by atoms with van der Waals surface area (Å²) < 4.78 is 0. The Bertz CT molecular complexity index is 123. The van der Waals surface area contributed by atoms with Crippen LogP contribution in [0.4, 0.5) is 0 Å². The van der Waals surface area contributed by atoms with E-state index in [2.05, 4.69) is 22.3 Å². The van der Waals surface area contributed by atoms with Crippen LogP contribution >= 0.6 is 0 Å². The molecule has 3 heteroatoms. The van der Waals surface area contributed by atoms with Crippen molar-refractivity contribution in [2.24, 2.45) is 10.3 Å². The van der Waals surface area contributed by atoms with Gasteiger partial charge in [0, 0.05) is 6.54 Å². The SMILES string of the molecule is CCCCCCN1CCN=N1. The largest absolute Gasteiger partial charge is 0.277 e. The summed E-state index contributed by atoms with van der Waals surface area (Å²) in [6, 6.07) is 0. The molecule has 0 fully saturated rings. The van der Waals surface area contributed by atoms with Gasteiger partial charge in [-0.05, 0) is 6.42 Å². The van der Waals surface area contributed by atoms with Gasteiger partial charge >= 0.3 is 0 Å². The Morgan fingerprint density at radius 1 is 1.27 bits per heavy atom. The fourth-order valence-electron chi connectivity index (χ4n) is 1.22. The molecule has 1 heterocycles. The van der Waals surface area contributed by atoms with Gasteiger partial charge in [0.1, 0.15) is 0 Å². The van der Waals surface area contributed by atoms with Crippen molar-refractivity contribution in [3.05, 3.63) is 0 Å². The fraction of sp³-hybridized carbons (Fsp3) is 1.00. The van der Waals surface area contributed by atoms with E-state index in [9.17, 15) is 0 Å². The van der Waals surface area contributed by atoms with Crippen molar-refractivity contribution in [1.29, 1.82) is 0 Å². The molecule has 1 aliphatic heterocycles. The minimum Gasteiger partial charge on any atom is -0.277 e. The summed E-state index contributed by atoms with van der Waals surface area (Å²) in [7, 11) is 0. The highest BCUT2D eigenvalue weighted by atomic mass is 15.6. The van der Waals surface area contributed by atoms with Crippen LogP contribution < -0.4 is 0 Å². The molecule has 0 radical (unpaired) electrons. The predicted octanol–water partition coefficient (Wildman–Crippen LogP) is 2.25. The Balaban J connectivity index is 1.90. The molecule has 11 heavy (non-hydrogen) atoms. The van der Waals surface area contributed by atoms with E-state index >= 15 is 0 Å². The zero-order chi connectivity index (χ0) is 7.94. The first kappa shape index (κ1) is 8.50. The molecule has 0 aromatic heterocycles. The van der Waals surface area contributed by atoms with Crippen molar-refractivity contribution < 1.29 is 0 Å². The molecule has 0 aromatic carbocycles. The minimum absolute atomic E-state index is 0.897. The van der Waals surface area contributed by atoms with Crippen LogP contribution in [-0.4, -0.2) is 24.6 Å². The normalized spacial score (nSPS) is 16.3. The van der Waals surface area contributed by atoms with E-state index in [4.69, 9.17) is 0 Å². The molecule has 0 bridgehead atoms. The van der Waals surface area contributed by atoms with E-state index < -0.39 is 0 Å². The van der Waals surface area contributed by atoms with Gasteiger partial charge in [0.05, 0.1) is 13.1 Å². The van der Waals surface area contributed by atoms with Gasteiger partial charge in [-0.15, -0.1) is 0 Å². The van der Waals surface area contributed by atoms with Crippen LogP contribution in [0.1, 0.15) is 32.6 Å². The first-order chi connectivity index (χ1) is 5.43. The zero-order valence-corrected chi connectivity index (χ0v) is 7.29. The van der Waals surface area contributed by atoms with E-state index in [0.717, 1.165) is 19.6 Å². The van der Waals surface area contributed by atoms with Crippen LogP contribution in [0.2, 0.25) is 0 Å². The highest BCUT2D eigenvalue weighted by molar-refractivity contribution is 4.57. The maximum absolute atomic E-state index is 3.99. The van der Waals surface area contributed by atoms with E-state index in [1.807, 2.05) is 0 Å². The van der Waals surface area contributed by atoms with Crippen LogP contribution in [0, 0.1) is 0 Å². The minimum atomic E-state index is 0.897. The summed E-state index contributed by atoms with van der Waals surface area (Å²) in [4.78, 5) is 0. The van der Waals surface area contributed by atoms with E-state index in [1.165, 1.54) is 25.7 Å². The van der Waals surface area contributed by atoms with Crippen molar-refractivity contribution >= 4 is 0 Å². The number of nitrogens with zero attached hydrogens (tertiary/aromatic N) is 3. The Hall–Kier alpha value is -0.600. The average molecular weight is 155 g/mol. The second kappa shape index (κ2) is 5.10. The third kappa shape index (κ3) is 3.35. The molecule has 3 nitrogen and oxygen atoms in total. The number of rotatable bonds is 5. The molecule has 0 amide bonds. The van der Waals surface area contributed by atoms with E-state index in [-0.39, 0.29) is 0 Å². The van der Waals surface area contributed by atoms with Crippen LogP contribution in [-0.2, 0) is 0 Å². The van der Waals surface area contributed by atoms with Crippen molar-refractivity contribution in [3.8, 4) is 0 Å². The van der Waals surface area contributed by atoms with Crippen LogP contribution in [0.3, 0.4) is 0 Å². The summed E-state index contributed by atoms with van der Waals surface area (Å²) in [5, 5.41) is 9.97. The lowest BCUT2D eigenvalue weighted by Gasteiger charge is -2.10. The second-order valence-corrected chi connectivity index (χ2v) is 2.97. The van der Waals surface area contributed by atoms with E-state index in [1.54, 1.807) is 0 Å². The molecule has 0 aromatic rings. The predicted molar refractivity (Wildman–Crippen MR) is 45.4 cm³/mol. The maximum atomic E-state index is 3.99. The quantitative estimate of drug-likeness (QED) is 0.559. The fourth-order valence-corrected chi connectivity index (χ4v) is 1.22. The number of hydrogen-bond donors (Lipinski definition) is 0. The molecule has 0 unspecified atom stereocenters. The average Bonchev–Trinajstić information content (AvgIpc) is 2.50. The monoisotopic (exact) mass is 155 g/mol. The van der Waals surface area contributed by atoms with Gasteiger partial charge in [-0.1, -0.05) is 31.4 Å². The number of hydrogen-bond acceptors (Lipinski definition) is 3. The van der Waals surface area contributed by atoms with Crippen molar-refractivity contribution in [3.63, 3.8) is 0 Å². The Morgan fingerprint density at radius 2 is 2.18 bits per heavy atom. The van der Waals surface area contributed by atoms with Gasteiger partial charge in [-0.25, -0.2) is 0 Å². The van der Waals surface area contributed by atoms with Gasteiger partial charge in [-0.2, -0.15) is 5.11 Å². The molecule has 0 saturated carbocycles. The Morgan fingerprint density at radius 3 is 2.82 bits per heavy atom. The molecular formula is C8H17N3. The molecule has 0 atom stereocenters. The van der Waals surface area contributed by atoms with Crippen molar-refractivity contribution in [2.75, 3.05) is 19.6 Å². The standard InChI is InChI=1S/C8H17N3/c1-2-3-4-5-7-11-8-6-9-10-11/h2-8H2,1H3. The lowest BCUT2D eigenvalue weighted by atomic mass is 10.2. The zero-order valence-electron chi connectivity index (χ0n) is 7.29. The molecular weight excluding hydrogens is 138 g/mol. The van der Waals surface area contributed by atoms with Crippen LogP contribution in [0.5, 0.6) is 0 Å². The molecule has 1 rings (SSSR count). The van der Waals surface area contributed by atoms with Gasteiger partial charge < -0.3 is 0 Å². The number of unbranched alkanes of at least 4 members (excludes halogenated alkanes) is 3. The topological polar surface area (TPSA) is 28.0 Å². The summed E-state index contributed by atoms with van der Waals surface area (Å²) in [6.07, 6.45) is 5.27. The summed E-state index contributed by atoms with van der Waals surface area (Å²) >= 11 is 0. The van der Waals surface area contributed by atoms with Crippen LogP contribution in [0.15, 0.2) is 10.3 Å². The second-order valence-electron chi connectivity index (χ2n) is 2.97. The van der Waals surface area contributed by atoms with E-state index in [0.29, 0.717) is 0 Å². The first-order valence-electron chi connectivity index (χ1n) is 4.56. The van der Waals surface area contributed by atoms with Crippen molar-refractivity contribution in [1.82, 2.24) is 5.01 Å². The summed E-state index contributed by atoms with van der Waals surface area (Å²) in [5.74, 6) is 0. The molecule has 64 valence electrons. The molecule has 0 saturated heterocycles. The highest BCUT2D eigenvalue weighted by Gasteiger charge is 2.04. The van der Waals surface area contributed by atoms with Gasteiger partial charge in [0.2, 0.25) is 0 Å². The maximum Gasteiger partial charge on any atom is 0.0813 e. The molecule has 0 N–H and O–H groups in total. The lowest BCUT2D eigenvalue weighted by molar-refractivity contribution is 0.310. The molecule has 1 aliphatic rings. The van der Waals surface area contributed by atoms with Gasteiger partial charge in [0.15, 0.2) is 0 Å². The van der Waals surface area contributed by atoms with Crippen LogP contribution in [0.25, 0.3) is 0 Å². The lowest BCUT2D eigenvalue weighted by Crippen LogP contribution is -2.16. The first-order valence-corrected chi connectivity index (χ1v) is 4.56. The Kier molecular flexibility index (Phi) is 3.94. The summed E-state index contributed by atoms with van der Waals surface area (Å²) in [5.41, 5.74) is 0. The highest BCUT2D eigenvalue weighted by Crippen LogP contribution is 2.04. The third-order valence-electron chi connectivity index (χ3n) is 1.92. The Labute approximate surface area is 68.5 Å². The van der Waals surface area contributed by atoms with Gasteiger partial charge in [-0.3, -0.25) is 5.01 Å². The molecule has 0 spiro atoms. The smallest absolute Gasteiger partial charge is 0.0813 e. The van der Waals surface area contributed by atoms with Crippen molar-refractivity contribution in [2.45, 2.75) is 32.6 Å². The third-order valence-corrected chi connectivity index (χ3v) is 1.92. The molecule has 0 aliphatic carbocycles.